The fraction of sp³-hybridized carbons (Fsp3) is 0.833. The highest BCUT2D eigenvalue weighted by Gasteiger charge is 2.46. The van der Waals surface area contributed by atoms with E-state index in [0.29, 0.717) is 31.4 Å². The van der Waals surface area contributed by atoms with Crippen LogP contribution < -0.4 is 0 Å². The second-order valence-electron chi connectivity index (χ2n) is 5.15. The summed E-state index contributed by atoms with van der Waals surface area (Å²) >= 11 is 1.41. The number of hydrogen-bond donors (Lipinski definition) is 1. The highest BCUT2D eigenvalue weighted by molar-refractivity contribution is 8.00. The van der Waals surface area contributed by atoms with Crippen LogP contribution in [0, 0.1) is 0 Å². The number of sulfone groups is 1. The predicted octanol–water partition coefficient (Wildman–Crippen LogP) is 0.718. The van der Waals surface area contributed by atoms with Gasteiger partial charge in [-0.1, -0.05) is 13.3 Å². The normalized spacial score (nSPS) is 33.0. The molecule has 3 atom stereocenters. The minimum absolute atomic E-state index is 0.0267. The highest BCUT2D eigenvalue weighted by atomic mass is 32.2. The van der Waals surface area contributed by atoms with Crippen molar-refractivity contribution in [2.45, 2.75) is 49.3 Å². The van der Waals surface area contributed by atoms with Crippen molar-refractivity contribution in [1.29, 1.82) is 0 Å². The Morgan fingerprint density at radius 1 is 1.35 bits per heavy atom. The molecular formula is C12H19NO5S2. The Bertz CT molecular complexity index is 504. The summed E-state index contributed by atoms with van der Waals surface area (Å²) < 4.78 is 24.1. The fourth-order valence-electron chi connectivity index (χ4n) is 2.76. The Labute approximate surface area is 122 Å². The molecule has 3 unspecified atom stereocenters. The van der Waals surface area contributed by atoms with Crippen LogP contribution in [0.5, 0.6) is 0 Å². The first-order valence-corrected chi connectivity index (χ1v) is 9.53. The molecule has 0 aromatic carbocycles. The van der Waals surface area contributed by atoms with Crippen LogP contribution in [0.25, 0.3) is 0 Å². The molecule has 8 heteroatoms. The number of carboxylic acid groups (broad SMARTS) is 1. The summed E-state index contributed by atoms with van der Waals surface area (Å²) in [5, 5.41) is 7.93. The molecule has 0 aromatic rings. The standard InChI is InChI=1S/C12H19NO5S2/c1-2-10-13(8(7-19-10)12(15)16)11(14)9-5-3-4-6-20(9,17)18/h8-10H,2-7H2,1H3,(H,15,16). The van der Waals surface area contributed by atoms with E-state index in [1.54, 1.807) is 0 Å². The second kappa shape index (κ2) is 5.93. The van der Waals surface area contributed by atoms with E-state index < -0.39 is 33.0 Å². The summed E-state index contributed by atoms with van der Waals surface area (Å²) in [5.74, 6) is -1.23. The zero-order valence-corrected chi connectivity index (χ0v) is 13.0. The smallest absolute Gasteiger partial charge is 0.327 e. The number of aliphatic carboxylic acids is 1. The van der Waals surface area contributed by atoms with E-state index >= 15 is 0 Å². The first kappa shape index (κ1) is 15.6. The van der Waals surface area contributed by atoms with Gasteiger partial charge in [-0.15, -0.1) is 11.8 Å². The van der Waals surface area contributed by atoms with Crippen molar-refractivity contribution in [3.8, 4) is 0 Å². The Balaban J connectivity index is 2.27. The minimum Gasteiger partial charge on any atom is -0.480 e. The quantitative estimate of drug-likeness (QED) is 0.823. The molecule has 0 spiro atoms. The number of carbonyl (C=O) groups is 2. The van der Waals surface area contributed by atoms with Crippen molar-refractivity contribution in [2.24, 2.45) is 0 Å². The van der Waals surface area contributed by atoms with E-state index in [1.807, 2.05) is 6.92 Å². The largest absolute Gasteiger partial charge is 0.480 e. The molecule has 20 heavy (non-hydrogen) atoms. The summed E-state index contributed by atoms with van der Waals surface area (Å²) in [6.07, 6.45) is 2.21. The molecule has 1 amide bonds. The molecule has 1 N–H and O–H groups in total. The van der Waals surface area contributed by atoms with Crippen LogP contribution in [0.3, 0.4) is 0 Å². The Hall–Kier alpha value is -0.760. The van der Waals surface area contributed by atoms with Gasteiger partial charge in [0, 0.05) is 5.75 Å². The summed E-state index contributed by atoms with van der Waals surface area (Å²) in [6, 6.07) is -0.908. The maximum atomic E-state index is 12.6. The number of rotatable bonds is 3. The van der Waals surface area contributed by atoms with Gasteiger partial charge in [-0.3, -0.25) is 4.79 Å². The van der Waals surface area contributed by atoms with Crippen molar-refractivity contribution in [2.75, 3.05) is 11.5 Å². The van der Waals surface area contributed by atoms with E-state index in [1.165, 1.54) is 16.7 Å². The Morgan fingerprint density at radius 3 is 2.60 bits per heavy atom. The summed E-state index contributed by atoms with van der Waals surface area (Å²) in [6.45, 7) is 1.87. The zero-order valence-electron chi connectivity index (χ0n) is 11.3. The van der Waals surface area contributed by atoms with Crippen LogP contribution in [0.4, 0.5) is 0 Å². The molecule has 0 saturated carbocycles. The SMILES string of the molecule is CCC1SCC(C(=O)O)N1C(=O)C1CCCCS1(=O)=O. The van der Waals surface area contributed by atoms with Crippen LogP contribution in [-0.4, -0.2) is 58.5 Å². The predicted molar refractivity (Wildman–Crippen MR) is 76.2 cm³/mol. The maximum Gasteiger partial charge on any atom is 0.327 e. The fourth-order valence-corrected chi connectivity index (χ4v) is 5.96. The number of nitrogens with zero attached hydrogens (tertiary/aromatic N) is 1. The van der Waals surface area contributed by atoms with Crippen LogP contribution in [0.15, 0.2) is 0 Å². The Morgan fingerprint density at radius 2 is 2.05 bits per heavy atom. The first-order valence-electron chi connectivity index (χ1n) is 6.76. The third kappa shape index (κ3) is 2.81. The number of carboxylic acids is 1. The van der Waals surface area contributed by atoms with E-state index in [9.17, 15) is 23.1 Å². The van der Waals surface area contributed by atoms with E-state index in [0.717, 1.165) is 0 Å². The Kier molecular flexibility index (Phi) is 4.63. The molecule has 2 aliphatic rings. The van der Waals surface area contributed by atoms with Crippen molar-refractivity contribution in [3.05, 3.63) is 0 Å². The van der Waals surface area contributed by atoms with Gasteiger partial charge in [0.2, 0.25) is 5.91 Å². The molecule has 6 nitrogen and oxygen atoms in total. The molecule has 2 fully saturated rings. The van der Waals surface area contributed by atoms with E-state index in [2.05, 4.69) is 0 Å². The zero-order chi connectivity index (χ0) is 14.9. The molecule has 2 saturated heterocycles. The molecule has 2 rings (SSSR count). The average molecular weight is 321 g/mol. The molecule has 2 aliphatic heterocycles. The van der Waals surface area contributed by atoms with Crippen molar-refractivity contribution >= 4 is 33.5 Å². The number of hydrogen-bond acceptors (Lipinski definition) is 5. The minimum atomic E-state index is -3.43. The molecular weight excluding hydrogens is 302 g/mol. The van der Waals surface area contributed by atoms with E-state index in [4.69, 9.17) is 0 Å². The van der Waals surface area contributed by atoms with Crippen LogP contribution in [0.1, 0.15) is 32.6 Å². The lowest BCUT2D eigenvalue weighted by molar-refractivity contribution is -0.149. The van der Waals surface area contributed by atoms with Gasteiger partial charge in [0.05, 0.1) is 11.1 Å². The molecule has 0 aromatic heterocycles. The van der Waals surface area contributed by atoms with Crippen molar-refractivity contribution in [1.82, 2.24) is 4.90 Å². The molecule has 0 aliphatic carbocycles. The van der Waals surface area contributed by atoms with Gasteiger partial charge in [-0.2, -0.15) is 0 Å². The topological polar surface area (TPSA) is 91.8 Å². The molecule has 0 bridgehead atoms. The number of carbonyl (C=O) groups excluding carboxylic acids is 1. The maximum absolute atomic E-state index is 12.6. The molecule has 2 heterocycles. The third-order valence-electron chi connectivity index (χ3n) is 3.84. The lowest BCUT2D eigenvalue weighted by atomic mass is 10.1. The number of thioether (sulfide) groups is 1. The van der Waals surface area contributed by atoms with Gasteiger partial charge in [0.15, 0.2) is 9.84 Å². The van der Waals surface area contributed by atoms with Gasteiger partial charge >= 0.3 is 5.97 Å². The lowest BCUT2D eigenvalue weighted by Gasteiger charge is -2.31. The van der Waals surface area contributed by atoms with Crippen molar-refractivity contribution in [3.63, 3.8) is 0 Å². The van der Waals surface area contributed by atoms with Crippen molar-refractivity contribution < 1.29 is 23.1 Å². The molecule has 114 valence electrons. The summed E-state index contributed by atoms with van der Waals surface area (Å²) in [7, 11) is -3.43. The highest BCUT2D eigenvalue weighted by Crippen LogP contribution is 2.34. The van der Waals surface area contributed by atoms with Crippen LogP contribution >= 0.6 is 11.8 Å². The van der Waals surface area contributed by atoms with E-state index in [-0.39, 0.29) is 11.1 Å². The number of amides is 1. The first-order chi connectivity index (χ1) is 9.38. The monoisotopic (exact) mass is 321 g/mol. The second-order valence-corrected chi connectivity index (χ2v) is 8.66. The third-order valence-corrected chi connectivity index (χ3v) is 7.45. The summed E-state index contributed by atoms with van der Waals surface area (Å²) in [5.41, 5.74) is 0. The van der Waals surface area contributed by atoms with Crippen LogP contribution in [-0.2, 0) is 19.4 Å². The average Bonchev–Trinajstić information content (AvgIpc) is 2.81. The van der Waals surface area contributed by atoms with Gasteiger partial charge in [0.1, 0.15) is 11.3 Å². The van der Waals surface area contributed by atoms with Gasteiger partial charge < -0.3 is 10.0 Å². The van der Waals surface area contributed by atoms with Gasteiger partial charge in [-0.25, -0.2) is 13.2 Å². The van der Waals surface area contributed by atoms with Crippen LogP contribution in [0.2, 0.25) is 0 Å². The molecule has 0 radical (unpaired) electrons. The summed E-state index contributed by atoms with van der Waals surface area (Å²) in [4.78, 5) is 25.1. The lowest BCUT2D eigenvalue weighted by Crippen LogP contribution is -2.52. The van der Waals surface area contributed by atoms with Gasteiger partial charge in [-0.05, 0) is 19.3 Å². The van der Waals surface area contributed by atoms with Gasteiger partial charge in [0.25, 0.3) is 0 Å².